The van der Waals surface area contributed by atoms with Crippen molar-refractivity contribution in [3.05, 3.63) is 70.9 Å². The predicted octanol–water partition coefficient (Wildman–Crippen LogP) is 3.66. The Hall–Kier alpha value is -3.41. The van der Waals surface area contributed by atoms with Crippen LogP contribution >= 0.6 is 0 Å². The molecular weight excluding hydrogens is 346 g/mol. The molecular formula is C21H19NO5. The fraction of sp³-hybridized carbons (Fsp3) is 0.190. The normalized spacial score (nSPS) is 14.5. The Bertz CT molecular complexity index is 928. The third-order valence-electron chi connectivity index (χ3n) is 4.06. The van der Waals surface area contributed by atoms with Crippen LogP contribution < -0.4 is 10.1 Å². The van der Waals surface area contributed by atoms with Crippen molar-refractivity contribution in [3.63, 3.8) is 0 Å². The maximum absolute atomic E-state index is 12.6. The number of ether oxygens (including phenoxy) is 2. The number of benzene rings is 2. The molecule has 0 saturated carbocycles. The summed E-state index contributed by atoms with van der Waals surface area (Å²) in [7, 11) is 0. The molecule has 0 aromatic heterocycles. The number of rotatable bonds is 5. The van der Waals surface area contributed by atoms with E-state index in [1.54, 1.807) is 49.4 Å². The van der Waals surface area contributed by atoms with Crippen molar-refractivity contribution >= 4 is 23.4 Å². The van der Waals surface area contributed by atoms with E-state index in [9.17, 15) is 14.4 Å². The van der Waals surface area contributed by atoms with Gasteiger partial charge in [-0.25, -0.2) is 9.59 Å². The highest BCUT2D eigenvalue weighted by molar-refractivity contribution is 6.28. The van der Waals surface area contributed by atoms with Gasteiger partial charge in [-0.15, -0.1) is 0 Å². The Balaban J connectivity index is 1.75. The third kappa shape index (κ3) is 3.89. The van der Waals surface area contributed by atoms with Gasteiger partial charge in [0.15, 0.2) is 0 Å². The van der Waals surface area contributed by atoms with Crippen LogP contribution in [0.15, 0.2) is 54.2 Å². The zero-order valence-corrected chi connectivity index (χ0v) is 15.1. The molecule has 1 heterocycles. The van der Waals surface area contributed by atoms with Crippen molar-refractivity contribution in [2.24, 2.45) is 0 Å². The van der Waals surface area contributed by atoms with Gasteiger partial charge in [0.2, 0.25) is 5.78 Å². The van der Waals surface area contributed by atoms with E-state index in [0.717, 1.165) is 12.0 Å². The van der Waals surface area contributed by atoms with Crippen molar-refractivity contribution in [2.45, 2.75) is 20.3 Å². The first-order valence-electron chi connectivity index (χ1n) is 8.61. The van der Waals surface area contributed by atoms with Crippen molar-refractivity contribution in [3.8, 4) is 5.75 Å². The lowest BCUT2D eigenvalue weighted by molar-refractivity contribution is -0.130. The maximum Gasteiger partial charge on any atom is 0.349 e. The van der Waals surface area contributed by atoms with Gasteiger partial charge in [-0.2, -0.15) is 0 Å². The summed E-state index contributed by atoms with van der Waals surface area (Å²) < 4.78 is 10.4. The average molecular weight is 365 g/mol. The standard InChI is InChI=1S/C21H19NO5/c1-3-11-26-20(24)14-7-9-15(10-8-14)22-12-17-18(23)16-6-4-5-13(2)19(16)27-21(17)25/h4-10,12,22H,3,11H2,1-2H3. The van der Waals surface area contributed by atoms with E-state index in [-0.39, 0.29) is 11.5 Å². The average Bonchev–Trinajstić information content (AvgIpc) is 2.67. The fourth-order valence-electron chi connectivity index (χ4n) is 2.61. The van der Waals surface area contributed by atoms with Gasteiger partial charge in [0, 0.05) is 11.9 Å². The van der Waals surface area contributed by atoms with Gasteiger partial charge in [0.25, 0.3) is 0 Å². The third-order valence-corrected chi connectivity index (χ3v) is 4.06. The summed E-state index contributed by atoms with van der Waals surface area (Å²) in [6, 6.07) is 11.7. The summed E-state index contributed by atoms with van der Waals surface area (Å²) in [6.07, 6.45) is 2.08. The van der Waals surface area contributed by atoms with Gasteiger partial charge in [0.1, 0.15) is 11.3 Å². The lowest BCUT2D eigenvalue weighted by Gasteiger charge is -2.18. The Kier molecular flexibility index (Phi) is 5.35. The van der Waals surface area contributed by atoms with Crippen molar-refractivity contribution in [2.75, 3.05) is 11.9 Å². The number of esters is 2. The van der Waals surface area contributed by atoms with Crippen LogP contribution in [0.3, 0.4) is 0 Å². The summed E-state index contributed by atoms with van der Waals surface area (Å²) in [5.74, 6) is -1.18. The van der Waals surface area contributed by atoms with E-state index >= 15 is 0 Å². The summed E-state index contributed by atoms with van der Waals surface area (Å²) in [5.41, 5.74) is 2.05. The number of nitrogens with one attached hydrogen (secondary N) is 1. The molecule has 1 N–H and O–H groups in total. The molecule has 0 aliphatic carbocycles. The molecule has 0 atom stereocenters. The van der Waals surface area contributed by atoms with Crippen LogP contribution in [0, 0.1) is 6.92 Å². The minimum atomic E-state index is -0.700. The molecule has 1 aliphatic heterocycles. The van der Waals surface area contributed by atoms with Crippen LogP contribution in [0.2, 0.25) is 0 Å². The first-order valence-corrected chi connectivity index (χ1v) is 8.61. The number of hydrogen-bond donors (Lipinski definition) is 1. The van der Waals surface area contributed by atoms with Gasteiger partial charge in [-0.1, -0.05) is 19.1 Å². The molecule has 0 bridgehead atoms. The van der Waals surface area contributed by atoms with Crippen LogP contribution in [0.4, 0.5) is 5.69 Å². The molecule has 0 unspecified atom stereocenters. The molecule has 1 aliphatic rings. The van der Waals surface area contributed by atoms with Gasteiger partial charge in [-0.3, -0.25) is 4.79 Å². The monoisotopic (exact) mass is 365 g/mol. The Morgan fingerprint density at radius 2 is 1.89 bits per heavy atom. The number of carbonyl (C=O) groups is 3. The first kappa shape index (κ1) is 18.4. The smallest absolute Gasteiger partial charge is 0.349 e. The van der Waals surface area contributed by atoms with Crippen LogP contribution in [-0.2, 0) is 9.53 Å². The maximum atomic E-state index is 12.6. The largest absolute Gasteiger partial charge is 0.462 e. The molecule has 0 saturated heterocycles. The highest BCUT2D eigenvalue weighted by Crippen LogP contribution is 2.30. The minimum Gasteiger partial charge on any atom is -0.462 e. The van der Waals surface area contributed by atoms with E-state index < -0.39 is 11.8 Å². The number of ketones is 1. The second kappa shape index (κ2) is 7.86. The van der Waals surface area contributed by atoms with Crippen molar-refractivity contribution < 1.29 is 23.9 Å². The molecule has 0 radical (unpaired) electrons. The number of anilines is 1. The van der Waals surface area contributed by atoms with E-state index in [0.29, 0.717) is 29.2 Å². The molecule has 0 amide bonds. The van der Waals surface area contributed by atoms with Gasteiger partial charge < -0.3 is 14.8 Å². The SMILES string of the molecule is CCCOC(=O)c1ccc(NC=C2C(=O)Oc3c(C)cccc3C2=O)cc1. The molecule has 138 valence electrons. The summed E-state index contributed by atoms with van der Waals surface area (Å²) in [4.78, 5) is 36.5. The molecule has 0 fully saturated rings. The molecule has 2 aromatic rings. The quantitative estimate of drug-likeness (QED) is 0.377. The summed E-state index contributed by atoms with van der Waals surface area (Å²) in [6.45, 7) is 4.07. The van der Waals surface area contributed by atoms with E-state index in [2.05, 4.69) is 5.32 Å². The Morgan fingerprint density at radius 3 is 2.59 bits per heavy atom. The molecule has 6 nitrogen and oxygen atoms in total. The summed E-state index contributed by atoms with van der Waals surface area (Å²) >= 11 is 0. The predicted molar refractivity (Wildman–Crippen MR) is 99.9 cm³/mol. The molecule has 0 spiro atoms. The lowest BCUT2D eigenvalue weighted by Crippen LogP contribution is -2.26. The first-order chi connectivity index (χ1) is 13.0. The van der Waals surface area contributed by atoms with Gasteiger partial charge in [-0.05, 0) is 49.2 Å². The van der Waals surface area contributed by atoms with Crippen molar-refractivity contribution in [1.82, 2.24) is 0 Å². The fourth-order valence-corrected chi connectivity index (χ4v) is 2.61. The van der Waals surface area contributed by atoms with Crippen LogP contribution in [0.25, 0.3) is 0 Å². The molecule has 27 heavy (non-hydrogen) atoms. The summed E-state index contributed by atoms with van der Waals surface area (Å²) in [5, 5.41) is 2.89. The topological polar surface area (TPSA) is 81.7 Å². The van der Waals surface area contributed by atoms with E-state index in [1.165, 1.54) is 6.20 Å². The van der Waals surface area contributed by atoms with E-state index in [1.807, 2.05) is 6.92 Å². The Labute approximate surface area is 156 Å². The number of carbonyl (C=O) groups excluding carboxylic acids is 3. The second-order valence-electron chi connectivity index (χ2n) is 6.09. The number of hydrogen-bond acceptors (Lipinski definition) is 6. The van der Waals surface area contributed by atoms with Crippen LogP contribution in [0.5, 0.6) is 5.75 Å². The Morgan fingerprint density at radius 1 is 1.15 bits per heavy atom. The lowest BCUT2D eigenvalue weighted by atomic mass is 9.98. The van der Waals surface area contributed by atoms with Crippen LogP contribution in [-0.4, -0.2) is 24.3 Å². The number of Topliss-reactive ketones (excluding diaryl/α,β-unsaturated/α-hetero) is 1. The van der Waals surface area contributed by atoms with Crippen LogP contribution in [0.1, 0.15) is 39.6 Å². The second-order valence-corrected chi connectivity index (χ2v) is 6.09. The molecule has 2 aromatic carbocycles. The molecule has 6 heteroatoms. The number of aryl methyl sites for hydroxylation is 1. The highest BCUT2D eigenvalue weighted by Gasteiger charge is 2.31. The minimum absolute atomic E-state index is 0.0838. The van der Waals surface area contributed by atoms with Gasteiger partial charge in [0.05, 0.1) is 17.7 Å². The number of para-hydroxylation sites is 1. The number of fused-ring (bicyclic) bond motifs is 1. The zero-order valence-electron chi connectivity index (χ0n) is 15.1. The zero-order chi connectivity index (χ0) is 19.4. The van der Waals surface area contributed by atoms with Crippen molar-refractivity contribution in [1.29, 1.82) is 0 Å². The van der Waals surface area contributed by atoms with E-state index in [4.69, 9.17) is 9.47 Å². The highest BCUT2D eigenvalue weighted by atomic mass is 16.5. The van der Waals surface area contributed by atoms with Gasteiger partial charge >= 0.3 is 11.9 Å². The molecule has 3 rings (SSSR count).